The van der Waals surface area contributed by atoms with E-state index in [-0.39, 0.29) is 35.8 Å². The van der Waals surface area contributed by atoms with Crippen LogP contribution in [0.4, 0.5) is 5.82 Å². The molecule has 7 heterocycles. The fourth-order valence-corrected chi connectivity index (χ4v) is 9.66. The topological polar surface area (TPSA) is 128 Å². The molecule has 4 atom stereocenters. The van der Waals surface area contributed by atoms with Crippen LogP contribution < -0.4 is 14.8 Å². The molecule has 3 aliphatic heterocycles. The monoisotopic (exact) mass is 617 g/mol. The number of hydrogen-bond donors (Lipinski definition) is 1. The number of fused-ring (bicyclic) bond motifs is 4. The van der Waals surface area contributed by atoms with E-state index in [0.717, 1.165) is 73.2 Å². The van der Waals surface area contributed by atoms with Crippen molar-refractivity contribution in [1.29, 1.82) is 0 Å². The van der Waals surface area contributed by atoms with Crippen molar-refractivity contribution in [2.45, 2.75) is 89.5 Å². The number of sulfonamides is 1. The van der Waals surface area contributed by atoms with Gasteiger partial charge in [-0.25, -0.2) is 18.4 Å². The van der Waals surface area contributed by atoms with Crippen LogP contribution in [0.25, 0.3) is 28.1 Å². The molecule has 4 fully saturated rings. The molecule has 232 valence electrons. The lowest BCUT2D eigenvalue weighted by molar-refractivity contribution is 0.0726. The molecule has 0 spiro atoms. The summed E-state index contributed by atoms with van der Waals surface area (Å²) >= 11 is 0. The fourth-order valence-electron chi connectivity index (χ4n) is 7.89. The molecule has 1 saturated carbocycles. The Labute approximate surface area is 257 Å². The SMILES string of the molecule is COc1cc(C(=O)N2[C@H]3CC[C@@H]2[C@H](N)C3)cc2nc(-c3cc4ccc(N5[C@@H](C)CCCS5(=O)=O)nc4n3CC3CC3)c(C)n12. The molecule has 12 heteroatoms. The highest BCUT2D eigenvalue weighted by Gasteiger charge is 2.47. The van der Waals surface area contributed by atoms with Gasteiger partial charge in [0, 0.05) is 47.7 Å². The molecular weight excluding hydrogens is 578 g/mol. The second kappa shape index (κ2) is 9.93. The fraction of sp³-hybridized carbons (Fsp3) is 0.531. The number of nitrogens with two attached hydrogens (primary N) is 1. The average molecular weight is 618 g/mol. The summed E-state index contributed by atoms with van der Waals surface area (Å²) < 4.78 is 37.6. The van der Waals surface area contributed by atoms with Crippen molar-refractivity contribution in [3.63, 3.8) is 0 Å². The minimum atomic E-state index is -3.42. The van der Waals surface area contributed by atoms with E-state index in [1.165, 1.54) is 4.31 Å². The van der Waals surface area contributed by atoms with E-state index >= 15 is 0 Å². The highest BCUT2D eigenvalue weighted by atomic mass is 32.2. The van der Waals surface area contributed by atoms with Crippen molar-refractivity contribution >= 4 is 38.4 Å². The second-order valence-corrected chi connectivity index (χ2v) is 15.2. The van der Waals surface area contributed by atoms with Crippen molar-refractivity contribution in [3.8, 4) is 17.3 Å². The van der Waals surface area contributed by atoms with Crippen LogP contribution in [0.2, 0.25) is 0 Å². The number of aryl methyl sites for hydroxylation is 1. The summed E-state index contributed by atoms with van der Waals surface area (Å²) in [6.07, 6.45) is 6.59. The summed E-state index contributed by atoms with van der Waals surface area (Å²) in [5.41, 5.74) is 10.9. The van der Waals surface area contributed by atoms with E-state index in [9.17, 15) is 13.2 Å². The Kier molecular flexibility index (Phi) is 6.29. The van der Waals surface area contributed by atoms with Crippen molar-refractivity contribution in [1.82, 2.24) is 23.8 Å². The molecule has 44 heavy (non-hydrogen) atoms. The van der Waals surface area contributed by atoms with Crippen molar-refractivity contribution in [3.05, 3.63) is 41.6 Å². The van der Waals surface area contributed by atoms with E-state index in [2.05, 4.69) is 10.6 Å². The lowest BCUT2D eigenvalue weighted by Gasteiger charge is -2.33. The van der Waals surface area contributed by atoms with Crippen LogP contribution in [0.15, 0.2) is 30.3 Å². The minimum Gasteiger partial charge on any atom is -0.482 e. The van der Waals surface area contributed by atoms with Gasteiger partial charge < -0.3 is 19.9 Å². The predicted octanol–water partition coefficient (Wildman–Crippen LogP) is 4.10. The van der Waals surface area contributed by atoms with Crippen molar-refractivity contribution in [2.24, 2.45) is 11.7 Å². The number of methoxy groups -OCH3 is 1. The molecule has 4 aromatic rings. The normalized spacial score (nSPS) is 26.3. The van der Waals surface area contributed by atoms with Crippen molar-refractivity contribution < 1.29 is 17.9 Å². The molecule has 4 aliphatic rings. The highest BCUT2D eigenvalue weighted by Crippen LogP contribution is 2.40. The standard InChI is InChI=1S/C32H39N7O4S/c1-18-5-4-12-44(41,42)39(18)27-11-8-21-13-26(36(31(21)35-27)17-20-6-7-20)30-19(2)37-28(34-30)14-22(15-29(37)43-3)32(40)38-23-9-10-25(38)24(33)16-23/h8,11,13-15,18,20,23-25H,4-7,9-10,12,16-17,33H2,1-3H3/t18-,23-,24+,25+/m0/s1. The molecule has 8 rings (SSSR count). The summed E-state index contributed by atoms with van der Waals surface area (Å²) in [5.74, 6) is 1.69. The van der Waals surface area contributed by atoms with Crippen molar-refractivity contribution in [2.75, 3.05) is 17.2 Å². The number of amides is 1. The number of carbonyl (C=O) groups is 1. The third-order valence-corrected chi connectivity index (χ3v) is 12.2. The van der Waals surface area contributed by atoms with Gasteiger partial charge in [0.05, 0.1) is 24.3 Å². The van der Waals surface area contributed by atoms with Crippen LogP contribution in [0.1, 0.15) is 67.9 Å². The van der Waals surface area contributed by atoms with E-state index in [4.69, 9.17) is 20.4 Å². The van der Waals surface area contributed by atoms with Gasteiger partial charge in [0.15, 0.2) is 5.88 Å². The average Bonchev–Trinajstić information content (AvgIpc) is 3.31. The van der Waals surface area contributed by atoms with Gasteiger partial charge >= 0.3 is 0 Å². The minimum absolute atomic E-state index is 0.0186. The Morgan fingerprint density at radius 3 is 2.59 bits per heavy atom. The number of aromatic nitrogens is 4. The van der Waals surface area contributed by atoms with Gasteiger partial charge in [-0.15, -0.1) is 0 Å². The van der Waals surface area contributed by atoms with Crippen LogP contribution in [0.5, 0.6) is 5.88 Å². The molecule has 3 saturated heterocycles. The summed E-state index contributed by atoms with van der Waals surface area (Å²) in [6, 6.07) is 9.74. The maximum Gasteiger partial charge on any atom is 0.254 e. The molecule has 1 aliphatic carbocycles. The summed E-state index contributed by atoms with van der Waals surface area (Å²) in [7, 11) is -1.81. The Balaban J connectivity index is 1.25. The van der Waals surface area contributed by atoms with Crippen LogP contribution in [-0.2, 0) is 16.6 Å². The first kappa shape index (κ1) is 27.9. The van der Waals surface area contributed by atoms with Gasteiger partial charge in [0.25, 0.3) is 5.91 Å². The molecule has 0 radical (unpaired) electrons. The molecule has 0 aromatic carbocycles. The first-order valence-electron chi connectivity index (χ1n) is 15.8. The number of pyridine rings is 2. The third kappa shape index (κ3) is 4.24. The second-order valence-electron chi connectivity index (χ2n) is 13.2. The quantitative estimate of drug-likeness (QED) is 0.345. The zero-order valence-corrected chi connectivity index (χ0v) is 26.3. The first-order valence-corrected chi connectivity index (χ1v) is 17.4. The van der Waals surface area contributed by atoms with E-state index in [1.807, 2.05) is 47.4 Å². The Morgan fingerprint density at radius 2 is 1.91 bits per heavy atom. The summed E-state index contributed by atoms with van der Waals surface area (Å²) in [4.78, 5) is 25.8. The number of ether oxygens (including phenoxy) is 1. The Morgan fingerprint density at radius 1 is 1.09 bits per heavy atom. The van der Waals surface area contributed by atoms with Crippen LogP contribution in [-0.4, -0.2) is 75.2 Å². The van der Waals surface area contributed by atoms with Gasteiger partial charge in [-0.2, -0.15) is 0 Å². The first-order chi connectivity index (χ1) is 21.1. The number of nitrogens with zero attached hydrogens (tertiary/aromatic N) is 6. The molecule has 2 bridgehead atoms. The zero-order chi connectivity index (χ0) is 30.5. The zero-order valence-electron chi connectivity index (χ0n) is 25.4. The Bertz CT molecular complexity index is 1930. The van der Waals surface area contributed by atoms with Crippen LogP contribution >= 0.6 is 0 Å². The number of carbonyl (C=O) groups excluding carboxylic acids is 1. The maximum absolute atomic E-state index is 13.8. The van der Waals surface area contributed by atoms with E-state index < -0.39 is 10.0 Å². The smallest absolute Gasteiger partial charge is 0.254 e. The van der Waals surface area contributed by atoms with Gasteiger partial charge in [-0.3, -0.25) is 13.5 Å². The Hall–Kier alpha value is -3.64. The maximum atomic E-state index is 13.8. The molecule has 1 amide bonds. The van der Waals surface area contributed by atoms with Crippen LogP contribution in [0.3, 0.4) is 0 Å². The summed E-state index contributed by atoms with van der Waals surface area (Å²) in [5, 5.41) is 0.937. The largest absolute Gasteiger partial charge is 0.482 e. The summed E-state index contributed by atoms with van der Waals surface area (Å²) in [6.45, 7) is 4.75. The van der Waals surface area contributed by atoms with Gasteiger partial charge in [-0.05, 0) is 89.0 Å². The van der Waals surface area contributed by atoms with Crippen LogP contribution in [0, 0.1) is 12.8 Å². The van der Waals surface area contributed by atoms with E-state index in [0.29, 0.717) is 35.2 Å². The number of rotatable bonds is 6. The predicted molar refractivity (Wildman–Crippen MR) is 168 cm³/mol. The number of imidazole rings is 1. The van der Waals surface area contributed by atoms with Gasteiger partial charge in [0.2, 0.25) is 10.0 Å². The molecule has 4 aromatic heterocycles. The molecular formula is C32H39N7O4S. The lowest BCUT2D eigenvalue weighted by atomic mass is 9.97. The third-order valence-electron chi connectivity index (χ3n) is 10.3. The van der Waals surface area contributed by atoms with E-state index in [1.54, 1.807) is 7.11 Å². The molecule has 11 nitrogen and oxygen atoms in total. The van der Waals surface area contributed by atoms with Gasteiger partial charge in [-0.1, -0.05) is 0 Å². The van der Waals surface area contributed by atoms with Gasteiger partial charge in [0.1, 0.15) is 22.8 Å². The lowest BCUT2D eigenvalue weighted by Crippen LogP contribution is -2.44. The molecule has 2 N–H and O–H groups in total. The number of anilines is 1. The number of hydrogen-bond acceptors (Lipinski definition) is 7. The highest BCUT2D eigenvalue weighted by molar-refractivity contribution is 7.92. The molecule has 0 unspecified atom stereocenters.